The van der Waals surface area contributed by atoms with Crippen molar-refractivity contribution in [3.05, 3.63) is 81.8 Å². The molecule has 1 atom stereocenters. The minimum absolute atomic E-state index is 0.195. The second-order valence-corrected chi connectivity index (χ2v) is 8.47. The number of carbonyl (C=O) groups is 3. The third-order valence-corrected chi connectivity index (χ3v) is 5.87. The molecule has 0 aliphatic carbocycles. The summed E-state index contributed by atoms with van der Waals surface area (Å²) >= 11 is 7.04. The molecule has 4 rings (SSSR count). The van der Waals surface area contributed by atoms with E-state index in [0.717, 1.165) is 16.5 Å². The van der Waals surface area contributed by atoms with E-state index >= 15 is 0 Å². The Kier molecular flexibility index (Phi) is 7.01. The fourth-order valence-corrected chi connectivity index (χ4v) is 3.96. The molecule has 4 aromatic rings. The van der Waals surface area contributed by atoms with Crippen molar-refractivity contribution in [1.82, 2.24) is 15.3 Å². The van der Waals surface area contributed by atoms with Crippen LogP contribution in [0.3, 0.4) is 0 Å². The highest BCUT2D eigenvalue weighted by molar-refractivity contribution is 7.12. The number of para-hydroxylation sites is 1. The Morgan fingerprint density at radius 1 is 1.12 bits per heavy atom. The molecule has 0 bridgehead atoms. The number of ether oxygens (including phenoxy) is 1. The number of pyridine rings is 1. The lowest BCUT2D eigenvalue weighted by Crippen LogP contribution is -2.43. The molecule has 0 spiro atoms. The SMILES string of the molecule is O=C(COC(=O)[C@@H](Cc1c[nH]c2ccccc12)NC(=O)c1cccs1)Nc1ccc(Cl)cn1. The zero-order valence-corrected chi connectivity index (χ0v) is 18.8. The number of nitrogens with one attached hydrogen (secondary N) is 3. The first-order valence-electron chi connectivity index (χ1n) is 9.97. The Balaban J connectivity index is 1.44. The smallest absolute Gasteiger partial charge is 0.329 e. The number of carbonyl (C=O) groups excluding carboxylic acids is 3. The van der Waals surface area contributed by atoms with Crippen molar-refractivity contribution in [3.63, 3.8) is 0 Å². The number of hydrogen-bond donors (Lipinski definition) is 3. The number of hydrogen-bond acceptors (Lipinski definition) is 6. The zero-order chi connectivity index (χ0) is 23.2. The molecular weight excluding hydrogens is 464 g/mol. The van der Waals surface area contributed by atoms with E-state index in [9.17, 15) is 14.4 Å². The first-order chi connectivity index (χ1) is 16.0. The molecule has 0 radical (unpaired) electrons. The summed E-state index contributed by atoms with van der Waals surface area (Å²) in [5, 5.41) is 8.39. The third-order valence-electron chi connectivity index (χ3n) is 4.77. The number of H-pyrrole nitrogens is 1. The van der Waals surface area contributed by atoms with Gasteiger partial charge in [-0.1, -0.05) is 35.9 Å². The molecule has 33 heavy (non-hydrogen) atoms. The second-order valence-electron chi connectivity index (χ2n) is 7.08. The lowest BCUT2D eigenvalue weighted by Gasteiger charge is -2.17. The second kappa shape index (κ2) is 10.3. The number of aromatic nitrogens is 2. The molecule has 0 saturated heterocycles. The molecular formula is C23H19ClN4O4S. The van der Waals surface area contributed by atoms with Gasteiger partial charge in [-0.05, 0) is 35.2 Å². The van der Waals surface area contributed by atoms with Crippen LogP contribution in [0.25, 0.3) is 10.9 Å². The Hall–Kier alpha value is -3.69. The van der Waals surface area contributed by atoms with Gasteiger partial charge in [-0.3, -0.25) is 9.59 Å². The van der Waals surface area contributed by atoms with Crippen LogP contribution < -0.4 is 10.6 Å². The van der Waals surface area contributed by atoms with E-state index in [2.05, 4.69) is 20.6 Å². The van der Waals surface area contributed by atoms with E-state index in [1.807, 2.05) is 24.3 Å². The van der Waals surface area contributed by atoms with Crippen LogP contribution in [0.4, 0.5) is 5.82 Å². The van der Waals surface area contributed by atoms with Gasteiger partial charge in [-0.2, -0.15) is 0 Å². The maximum absolute atomic E-state index is 12.9. The zero-order valence-electron chi connectivity index (χ0n) is 17.2. The van der Waals surface area contributed by atoms with Gasteiger partial charge in [0.05, 0.1) is 9.90 Å². The highest BCUT2D eigenvalue weighted by Gasteiger charge is 2.25. The van der Waals surface area contributed by atoms with Crippen LogP contribution in [0, 0.1) is 0 Å². The summed E-state index contributed by atoms with van der Waals surface area (Å²) in [4.78, 5) is 45.2. The summed E-state index contributed by atoms with van der Waals surface area (Å²) in [6.07, 6.45) is 3.38. The van der Waals surface area contributed by atoms with Crippen molar-refractivity contribution in [2.24, 2.45) is 0 Å². The van der Waals surface area contributed by atoms with E-state index in [1.54, 1.807) is 29.8 Å². The molecule has 3 heterocycles. The molecule has 0 aliphatic rings. The maximum atomic E-state index is 12.9. The summed E-state index contributed by atoms with van der Waals surface area (Å²) in [6.45, 7) is -0.525. The standard InChI is InChI=1S/C23H19ClN4O4S/c24-15-7-8-20(26-12-15)28-21(29)13-32-23(31)18(27-22(30)19-6-3-9-33-19)10-14-11-25-17-5-2-1-4-16(14)17/h1-9,11-12,18,25H,10,13H2,(H,27,30)(H,26,28,29)/t18-/m1/s1. The number of benzene rings is 1. The predicted molar refractivity (Wildman–Crippen MR) is 126 cm³/mol. The van der Waals surface area contributed by atoms with Crippen molar-refractivity contribution in [3.8, 4) is 0 Å². The summed E-state index contributed by atoms with van der Waals surface area (Å²) in [5.41, 5.74) is 1.76. The van der Waals surface area contributed by atoms with Crippen LogP contribution in [0.2, 0.25) is 5.02 Å². The summed E-state index contributed by atoms with van der Waals surface area (Å²) in [5.74, 6) is -1.39. The number of anilines is 1. The van der Waals surface area contributed by atoms with E-state index in [4.69, 9.17) is 16.3 Å². The van der Waals surface area contributed by atoms with Gasteiger partial charge in [-0.25, -0.2) is 9.78 Å². The van der Waals surface area contributed by atoms with E-state index < -0.39 is 24.5 Å². The number of nitrogens with zero attached hydrogens (tertiary/aromatic N) is 1. The monoisotopic (exact) mass is 482 g/mol. The van der Waals surface area contributed by atoms with Crippen LogP contribution in [0.15, 0.2) is 66.3 Å². The van der Waals surface area contributed by atoms with Crippen molar-refractivity contribution < 1.29 is 19.1 Å². The van der Waals surface area contributed by atoms with Crippen LogP contribution in [-0.2, 0) is 20.7 Å². The summed E-state index contributed by atoms with van der Waals surface area (Å²) in [6, 6.07) is 13.2. The molecule has 0 saturated carbocycles. The maximum Gasteiger partial charge on any atom is 0.329 e. The average molecular weight is 483 g/mol. The third kappa shape index (κ3) is 5.76. The number of halogens is 1. The highest BCUT2D eigenvalue weighted by Crippen LogP contribution is 2.20. The first-order valence-corrected chi connectivity index (χ1v) is 11.2. The molecule has 3 aromatic heterocycles. The average Bonchev–Trinajstić information content (AvgIpc) is 3.49. The quantitative estimate of drug-likeness (QED) is 0.330. The van der Waals surface area contributed by atoms with Crippen molar-refractivity contribution in [2.75, 3.05) is 11.9 Å². The number of aromatic amines is 1. The molecule has 8 nitrogen and oxygen atoms in total. The highest BCUT2D eigenvalue weighted by atomic mass is 35.5. The molecule has 2 amide bonds. The molecule has 1 aromatic carbocycles. The summed E-state index contributed by atoms with van der Waals surface area (Å²) in [7, 11) is 0. The Bertz CT molecular complexity index is 1270. The van der Waals surface area contributed by atoms with Crippen LogP contribution in [0.1, 0.15) is 15.2 Å². The fraction of sp³-hybridized carbons (Fsp3) is 0.130. The Labute approximate surface area is 197 Å². The van der Waals surface area contributed by atoms with Crippen LogP contribution in [-0.4, -0.2) is 40.4 Å². The van der Waals surface area contributed by atoms with Gasteiger partial charge in [0.15, 0.2) is 6.61 Å². The molecule has 168 valence electrons. The number of esters is 1. The van der Waals surface area contributed by atoms with Gasteiger partial charge < -0.3 is 20.4 Å². The Morgan fingerprint density at radius 2 is 1.97 bits per heavy atom. The van der Waals surface area contributed by atoms with E-state index in [-0.39, 0.29) is 18.1 Å². The molecule has 0 unspecified atom stereocenters. The van der Waals surface area contributed by atoms with Crippen LogP contribution in [0.5, 0.6) is 0 Å². The minimum atomic E-state index is -0.986. The normalized spacial score (nSPS) is 11.7. The largest absolute Gasteiger partial charge is 0.454 e. The van der Waals surface area contributed by atoms with Crippen molar-refractivity contribution >= 4 is 57.4 Å². The first kappa shape index (κ1) is 22.5. The van der Waals surface area contributed by atoms with Crippen molar-refractivity contribution in [1.29, 1.82) is 0 Å². The predicted octanol–water partition coefficient (Wildman–Crippen LogP) is 3.80. The molecule has 0 fully saturated rings. The fourth-order valence-electron chi connectivity index (χ4n) is 3.22. The number of thiophene rings is 1. The van der Waals surface area contributed by atoms with Gasteiger partial charge >= 0.3 is 5.97 Å². The number of amides is 2. The molecule has 10 heteroatoms. The van der Waals surface area contributed by atoms with Gasteiger partial charge in [0, 0.05) is 29.7 Å². The van der Waals surface area contributed by atoms with Gasteiger partial charge in [-0.15, -0.1) is 11.3 Å². The van der Waals surface area contributed by atoms with E-state index in [1.165, 1.54) is 23.6 Å². The topological polar surface area (TPSA) is 113 Å². The molecule has 3 N–H and O–H groups in total. The lowest BCUT2D eigenvalue weighted by molar-refractivity contribution is -0.149. The number of rotatable bonds is 8. The molecule has 0 aliphatic heterocycles. The minimum Gasteiger partial charge on any atom is -0.454 e. The Morgan fingerprint density at radius 3 is 2.73 bits per heavy atom. The van der Waals surface area contributed by atoms with Crippen LogP contribution >= 0.6 is 22.9 Å². The lowest BCUT2D eigenvalue weighted by atomic mass is 10.0. The van der Waals surface area contributed by atoms with Gasteiger partial charge in [0.1, 0.15) is 11.9 Å². The number of fused-ring (bicyclic) bond motifs is 1. The van der Waals surface area contributed by atoms with E-state index in [0.29, 0.717) is 9.90 Å². The van der Waals surface area contributed by atoms with Crippen molar-refractivity contribution in [2.45, 2.75) is 12.5 Å². The van der Waals surface area contributed by atoms with Gasteiger partial charge in [0.25, 0.3) is 11.8 Å². The van der Waals surface area contributed by atoms with Gasteiger partial charge in [0.2, 0.25) is 0 Å². The summed E-state index contributed by atoms with van der Waals surface area (Å²) < 4.78 is 5.21.